The van der Waals surface area contributed by atoms with Crippen LogP contribution in [0.4, 0.5) is 11.4 Å². The topological polar surface area (TPSA) is 65.1 Å². The van der Waals surface area contributed by atoms with Crippen LogP contribution in [0.25, 0.3) is 0 Å². The van der Waals surface area contributed by atoms with Gasteiger partial charge in [-0.15, -0.1) is 0 Å². The summed E-state index contributed by atoms with van der Waals surface area (Å²) in [5.41, 5.74) is 5.60. The van der Waals surface area contributed by atoms with Gasteiger partial charge in [0.1, 0.15) is 5.75 Å². The molecule has 0 aromatic heterocycles. The number of nitrogens with one attached hydrogen (secondary N) is 1. The highest BCUT2D eigenvalue weighted by Crippen LogP contribution is 2.24. The first kappa shape index (κ1) is 24.1. The van der Waals surface area contributed by atoms with Crippen molar-refractivity contribution in [3.05, 3.63) is 89.5 Å². The van der Waals surface area contributed by atoms with Gasteiger partial charge in [-0.05, 0) is 53.1 Å². The van der Waals surface area contributed by atoms with Gasteiger partial charge in [0.25, 0.3) is 0 Å². The Labute approximate surface area is 206 Å². The van der Waals surface area contributed by atoms with Crippen LogP contribution in [0.1, 0.15) is 16.7 Å². The molecule has 35 heavy (non-hydrogen) atoms. The molecule has 3 aromatic carbocycles. The van der Waals surface area contributed by atoms with Gasteiger partial charge in [0.05, 0.1) is 20.2 Å². The van der Waals surface area contributed by atoms with Gasteiger partial charge in [0, 0.05) is 45.1 Å². The van der Waals surface area contributed by atoms with Crippen molar-refractivity contribution in [1.29, 1.82) is 0 Å². The van der Waals surface area contributed by atoms with E-state index in [0.29, 0.717) is 13.1 Å². The van der Waals surface area contributed by atoms with Crippen molar-refractivity contribution >= 4 is 23.2 Å². The maximum absolute atomic E-state index is 12.1. The normalized spacial score (nSPS) is 13.4. The average molecular weight is 473 g/mol. The van der Waals surface area contributed by atoms with E-state index in [-0.39, 0.29) is 24.9 Å². The molecule has 0 spiro atoms. The number of anilines is 2. The molecule has 2 amide bonds. The maximum Gasteiger partial charge on any atom is 0.242 e. The van der Waals surface area contributed by atoms with Crippen LogP contribution < -0.4 is 19.9 Å². The SMILES string of the molecule is COc1cccc(CN(Cc2cccc(N(C)C)c2)c2ccc(CN3CC(=O)NCC3=O)cc2)c1. The highest BCUT2D eigenvalue weighted by atomic mass is 16.5. The van der Waals surface area contributed by atoms with Crippen molar-refractivity contribution in [2.75, 3.05) is 44.1 Å². The average Bonchev–Trinajstić information content (AvgIpc) is 2.86. The molecule has 1 heterocycles. The van der Waals surface area contributed by atoms with Gasteiger partial charge < -0.3 is 24.8 Å². The lowest BCUT2D eigenvalue weighted by Gasteiger charge is -2.28. The number of nitrogens with zero attached hydrogens (tertiary/aromatic N) is 3. The van der Waals surface area contributed by atoms with E-state index in [4.69, 9.17) is 4.74 Å². The molecule has 1 aliphatic heterocycles. The Kier molecular flexibility index (Phi) is 7.55. The lowest BCUT2D eigenvalue weighted by Crippen LogP contribution is -2.50. The number of hydrogen-bond donors (Lipinski definition) is 1. The van der Waals surface area contributed by atoms with Gasteiger partial charge in [-0.2, -0.15) is 0 Å². The molecular weight excluding hydrogens is 440 g/mol. The zero-order valence-corrected chi connectivity index (χ0v) is 20.5. The molecule has 1 fully saturated rings. The van der Waals surface area contributed by atoms with Gasteiger partial charge in [-0.1, -0.05) is 36.4 Å². The van der Waals surface area contributed by atoms with E-state index < -0.39 is 0 Å². The minimum Gasteiger partial charge on any atom is -0.497 e. The molecular formula is C28H32N4O3. The van der Waals surface area contributed by atoms with Crippen LogP contribution in [-0.2, 0) is 29.2 Å². The largest absolute Gasteiger partial charge is 0.497 e. The molecule has 7 nitrogen and oxygen atoms in total. The summed E-state index contributed by atoms with van der Waals surface area (Å²) in [5, 5.41) is 2.59. The lowest BCUT2D eigenvalue weighted by molar-refractivity contribution is -0.141. The number of carbonyl (C=O) groups excluding carboxylic acids is 2. The van der Waals surface area contributed by atoms with E-state index in [1.165, 1.54) is 5.56 Å². The number of hydrogen-bond acceptors (Lipinski definition) is 5. The van der Waals surface area contributed by atoms with Crippen molar-refractivity contribution in [3.63, 3.8) is 0 Å². The number of methoxy groups -OCH3 is 1. The number of ether oxygens (including phenoxy) is 1. The third-order valence-electron chi connectivity index (χ3n) is 6.11. The molecule has 0 aliphatic carbocycles. The zero-order valence-electron chi connectivity index (χ0n) is 20.5. The predicted molar refractivity (Wildman–Crippen MR) is 139 cm³/mol. The summed E-state index contributed by atoms with van der Waals surface area (Å²) >= 11 is 0. The van der Waals surface area contributed by atoms with Crippen LogP contribution in [0, 0.1) is 0 Å². The highest BCUT2D eigenvalue weighted by Gasteiger charge is 2.23. The van der Waals surface area contributed by atoms with Gasteiger partial charge in [0.2, 0.25) is 11.8 Å². The summed E-state index contributed by atoms with van der Waals surface area (Å²) in [7, 11) is 5.77. The minimum atomic E-state index is -0.120. The van der Waals surface area contributed by atoms with Crippen LogP contribution in [0.5, 0.6) is 5.75 Å². The highest BCUT2D eigenvalue weighted by molar-refractivity contribution is 5.92. The Balaban J connectivity index is 1.56. The molecule has 0 unspecified atom stereocenters. The van der Waals surface area contributed by atoms with Crippen LogP contribution in [0.3, 0.4) is 0 Å². The Morgan fingerprint density at radius 2 is 1.54 bits per heavy atom. The van der Waals surface area contributed by atoms with Gasteiger partial charge in [-0.3, -0.25) is 9.59 Å². The van der Waals surface area contributed by atoms with Crippen molar-refractivity contribution in [2.24, 2.45) is 0 Å². The maximum atomic E-state index is 12.1. The molecule has 1 aliphatic rings. The summed E-state index contributed by atoms with van der Waals surface area (Å²) in [6.07, 6.45) is 0. The van der Waals surface area contributed by atoms with Crippen molar-refractivity contribution in [2.45, 2.75) is 19.6 Å². The third kappa shape index (κ3) is 6.32. The Morgan fingerprint density at radius 3 is 2.23 bits per heavy atom. The first-order valence-electron chi connectivity index (χ1n) is 11.7. The molecule has 3 aromatic rings. The second-order valence-corrected chi connectivity index (χ2v) is 8.96. The first-order chi connectivity index (χ1) is 16.9. The molecule has 0 atom stereocenters. The standard InChI is InChI=1S/C28H32N4O3/c1-30(2)25-8-4-6-22(14-25)18-31(19-23-7-5-9-26(15-23)35-3)24-12-10-21(11-13-24)17-32-20-27(33)29-16-28(32)34/h4-15H,16-20H2,1-3H3,(H,29,33). The quantitative estimate of drug-likeness (QED) is 0.517. The Bertz CT molecular complexity index is 1180. The number of benzene rings is 3. The van der Waals surface area contributed by atoms with E-state index in [9.17, 15) is 9.59 Å². The molecule has 182 valence electrons. The summed E-state index contributed by atoms with van der Waals surface area (Å²) in [6, 6.07) is 24.9. The molecule has 1 N–H and O–H groups in total. The van der Waals surface area contributed by atoms with Crippen molar-refractivity contribution < 1.29 is 14.3 Å². The summed E-state index contributed by atoms with van der Waals surface area (Å²) in [4.78, 5) is 29.9. The third-order valence-corrected chi connectivity index (χ3v) is 6.11. The Hall–Kier alpha value is -4.00. The molecule has 4 rings (SSSR count). The fourth-order valence-corrected chi connectivity index (χ4v) is 4.16. The van der Waals surface area contributed by atoms with Crippen molar-refractivity contribution in [3.8, 4) is 5.75 Å². The number of rotatable bonds is 9. The number of piperazine rings is 1. The van der Waals surface area contributed by atoms with E-state index in [1.54, 1.807) is 12.0 Å². The van der Waals surface area contributed by atoms with E-state index in [1.807, 2.05) is 38.4 Å². The minimum absolute atomic E-state index is 0.0610. The summed E-state index contributed by atoms with van der Waals surface area (Å²) < 4.78 is 5.42. The van der Waals surface area contributed by atoms with Gasteiger partial charge in [0.15, 0.2) is 0 Å². The lowest BCUT2D eigenvalue weighted by atomic mass is 10.1. The molecule has 1 saturated heterocycles. The monoisotopic (exact) mass is 472 g/mol. The summed E-state index contributed by atoms with van der Waals surface area (Å²) in [6.45, 7) is 2.05. The van der Waals surface area contributed by atoms with Crippen LogP contribution in [0.15, 0.2) is 72.8 Å². The van der Waals surface area contributed by atoms with Crippen molar-refractivity contribution in [1.82, 2.24) is 10.2 Å². The van der Waals surface area contributed by atoms with Gasteiger partial charge >= 0.3 is 0 Å². The van der Waals surface area contributed by atoms with Crippen LogP contribution >= 0.6 is 0 Å². The molecule has 7 heteroatoms. The number of carbonyl (C=O) groups is 2. The van der Waals surface area contributed by atoms with E-state index >= 15 is 0 Å². The second kappa shape index (κ2) is 11.0. The summed E-state index contributed by atoms with van der Waals surface area (Å²) in [5.74, 6) is 0.655. The molecule has 0 radical (unpaired) electrons. The number of amides is 2. The second-order valence-electron chi connectivity index (χ2n) is 8.96. The van der Waals surface area contributed by atoms with E-state index in [0.717, 1.165) is 34.8 Å². The predicted octanol–water partition coefficient (Wildman–Crippen LogP) is 3.43. The van der Waals surface area contributed by atoms with Crippen LogP contribution in [-0.4, -0.2) is 51.0 Å². The zero-order chi connectivity index (χ0) is 24.8. The molecule has 0 saturated carbocycles. The van der Waals surface area contributed by atoms with Gasteiger partial charge in [-0.25, -0.2) is 0 Å². The fraction of sp³-hybridized carbons (Fsp3) is 0.286. The first-order valence-corrected chi connectivity index (χ1v) is 11.7. The Morgan fingerprint density at radius 1 is 0.857 bits per heavy atom. The fourth-order valence-electron chi connectivity index (χ4n) is 4.16. The van der Waals surface area contributed by atoms with Crippen LogP contribution in [0.2, 0.25) is 0 Å². The smallest absolute Gasteiger partial charge is 0.242 e. The molecule has 0 bridgehead atoms. The van der Waals surface area contributed by atoms with E-state index in [2.05, 4.69) is 63.6 Å².